The number of rotatable bonds is 2. The average Bonchev–Trinajstić information content (AvgIpc) is 2.76. The predicted octanol–water partition coefficient (Wildman–Crippen LogP) is 0.340. The van der Waals surface area contributed by atoms with Crippen LogP contribution in [0.4, 0.5) is 11.4 Å². The standard InChI is InChI=1S/C12H15N3O3/c13-8-4-10-11(18-2-1-17-10)5-9(8)15-7-3-12(16)14-6-7/h4-5,7,15H,1-3,6,13H2,(H,14,16). The molecule has 6 heteroatoms. The smallest absolute Gasteiger partial charge is 0.222 e. The van der Waals surface area contributed by atoms with Crippen molar-refractivity contribution >= 4 is 17.3 Å². The zero-order valence-corrected chi connectivity index (χ0v) is 9.86. The molecule has 2 aliphatic heterocycles. The number of carbonyl (C=O) groups excluding carboxylic acids is 1. The minimum Gasteiger partial charge on any atom is -0.486 e. The second kappa shape index (κ2) is 4.29. The lowest BCUT2D eigenvalue weighted by molar-refractivity contribution is -0.119. The summed E-state index contributed by atoms with van der Waals surface area (Å²) < 4.78 is 10.9. The highest BCUT2D eigenvalue weighted by Crippen LogP contribution is 2.37. The largest absolute Gasteiger partial charge is 0.486 e. The van der Waals surface area contributed by atoms with Gasteiger partial charge in [0.05, 0.1) is 17.4 Å². The van der Waals surface area contributed by atoms with Crippen LogP contribution in [0, 0.1) is 0 Å². The van der Waals surface area contributed by atoms with E-state index in [-0.39, 0.29) is 11.9 Å². The summed E-state index contributed by atoms with van der Waals surface area (Å²) in [5.74, 6) is 1.42. The highest BCUT2D eigenvalue weighted by molar-refractivity contribution is 5.80. The number of hydrogen-bond donors (Lipinski definition) is 3. The maximum atomic E-state index is 11.1. The molecule has 1 fully saturated rings. The Bertz CT molecular complexity index is 490. The Morgan fingerprint density at radius 2 is 2.00 bits per heavy atom. The van der Waals surface area contributed by atoms with Crippen LogP contribution in [0.15, 0.2) is 12.1 Å². The molecule has 0 bridgehead atoms. The summed E-state index contributed by atoms with van der Waals surface area (Å²) in [6, 6.07) is 3.65. The molecule has 0 aliphatic carbocycles. The van der Waals surface area contributed by atoms with Gasteiger partial charge in [-0.3, -0.25) is 4.79 Å². The predicted molar refractivity (Wildman–Crippen MR) is 66.9 cm³/mol. The Hall–Kier alpha value is -2.11. The van der Waals surface area contributed by atoms with Gasteiger partial charge in [-0.25, -0.2) is 0 Å². The molecule has 0 saturated carbocycles. The Morgan fingerprint density at radius 1 is 1.28 bits per heavy atom. The first-order valence-corrected chi connectivity index (χ1v) is 5.95. The van der Waals surface area contributed by atoms with Crippen LogP contribution in [0.5, 0.6) is 11.5 Å². The average molecular weight is 249 g/mol. The van der Waals surface area contributed by atoms with E-state index < -0.39 is 0 Å². The van der Waals surface area contributed by atoms with Gasteiger partial charge in [0.25, 0.3) is 0 Å². The topological polar surface area (TPSA) is 85.6 Å². The molecule has 0 aromatic heterocycles. The molecule has 1 saturated heterocycles. The Morgan fingerprint density at radius 3 is 2.67 bits per heavy atom. The molecule has 3 rings (SSSR count). The van der Waals surface area contributed by atoms with Crippen LogP contribution >= 0.6 is 0 Å². The Kier molecular flexibility index (Phi) is 2.62. The van der Waals surface area contributed by atoms with Gasteiger partial charge in [0.15, 0.2) is 11.5 Å². The van der Waals surface area contributed by atoms with Crippen LogP contribution in [0.25, 0.3) is 0 Å². The maximum Gasteiger partial charge on any atom is 0.222 e. The summed E-state index contributed by atoms with van der Waals surface area (Å²) in [5, 5.41) is 6.02. The van der Waals surface area contributed by atoms with Gasteiger partial charge in [0.2, 0.25) is 5.91 Å². The molecule has 18 heavy (non-hydrogen) atoms. The van der Waals surface area contributed by atoms with E-state index in [2.05, 4.69) is 10.6 Å². The fourth-order valence-electron chi connectivity index (χ4n) is 2.16. The van der Waals surface area contributed by atoms with Crippen LogP contribution in [-0.4, -0.2) is 31.7 Å². The highest BCUT2D eigenvalue weighted by Gasteiger charge is 2.23. The molecule has 1 unspecified atom stereocenters. The molecule has 1 atom stereocenters. The van der Waals surface area contributed by atoms with Crippen molar-refractivity contribution in [1.29, 1.82) is 0 Å². The van der Waals surface area contributed by atoms with Crippen molar-refractivity contribution in [3.8, 4) is 11.5 Å². The molecule has 4 N–H and O–H groups in total. The van der Waals surface area contributed by atoms with Crippen molar-refractivity contribution < 1.29 is 14.3 Å². The van der Waals surface area contributed by atoms with Gasteiger partial charge >= 0.3 is 0 Å². The van der Waals surface area contributed by atoms with E-state index in [9.17, 15) is 4.79 Å². The van der Waals surface area contributed by atoms with E-state index in [1.54, 1.807) is 6.07 Å². The van der Waals surface area contributed by atoms with E-state index in [0.29, 0.717) is 43.4 Å². The molecule has 96 valence electrons. The van der Waals surface area contributed by atoms with Crippen molar-refractivity contribution in [3.05, 3.63) is 12.1 Å². The fraction of sp³-hybridized carbons (Fsp3) is 0.417. The Balaban J connectivity index is 1.81. The number of nitrogen functional groups attached to an aromatic ring is 1. The first-order chi connectivity index (χ1) is 8.72. The number of amides is 1. The number of anilines is 2. The van der Waals surface area contributed by atoms with Gasteiger partial charge in [0, 0.05) is 25.1 Å². The van der Waals surface area contributed by atoms with Gasteiger partial charge in [-0.05, 0) is 0 Å². The van der Waals surface area contributed by atoms with E-state index in [1.807, 2.05) is 6.07 Å². The first kappa shape index (κ1) is 11.0. The summed E-state index contributed by atoms with van der Waals surface area (Å²) in [5.41, 5.74) is 7.33. The lowest BCUT2D eigenvalue weighted by Crippen LogP contribution is -2.23. The van der Waals surface area contributed by atoms with Crippen LogP contribution in [0.3, 0.4) is 0 Å². The zero-order chi connectivity index (χ0) is 12.5. The number of carbonyl (C=O) groups is 1. The van der Waals surface area contributed by atoms with E-state index in [4.69, 9.17) is 15.2 Å². The normalized spacial score (nSPS) is 21.6. The third kappa shape index (κ3) is 2.01. The first-order valence-electron chi connectivity index (χ1n) is 5.95. The quantitative estimate of drug-likeness (QED) is 0.658. The van der Waals surface area contributed by atoms with Gasteiger partial charge < -0.3 is 25.8 Å². The van der Waals surface area contributed by atoms with Crippen molar-refractivity contribution in [2.75, 3.05) is 30.8 Å². The van der Waals surface area contributed by atoms with E-state index >= 15 is 0 Å². The van der Waals surface area contributed by atoms with Gasteiger partial charge in [0.1, 0.15) is 13.2 Å². The molecule has 1 aromatic carbocycles. The monoisotopic (exact) mass is 249 g/mol. The third-order valence-corrected chi connectivity index (χ3v) is 3.05. The van der Waals surface area contributed by atoms with Crippen LogP contribution in [0.1, 0.15) is 6.42 Å². The summed E-state index contributed by atoms with van der Waals surface area (Å²) in [7, 11) is 0. The summed E-state index contributed by atoms with van der Waals surface area (Å²) in [4.78, 5) is 11.1. The minimum absolute atomic E-state index is 0.0589. The van der Waals surface area contributed by atoms with Crippen LogP contribution < -0.4 is 25.8 Å². The van der Waals surface area contributed by atoms with E-state index in [1.165, 1.54) is 0 Å². The maximum absolute atomic E-state index is 11.1. The second-order valence-electron chi connectivity index (χ2n) is 4.43. The molecular formula is C12H15N3O3. The molecule has 2 heterocycles. The number of ether oxygens (including phenoxy) is 2. The number of hydrogen-bond acceptors (Lipinski definition) is 5. The van der Waals surface area contributed by atoms with Crippen molar-refractivity contribution in [2.24, 2.45) is 0 Å². The summed E-state index contributed by atoms with van der Waals surface area (Å²) in [6.07, 6.45) is 0.466. The number of nitrogens with two attached hydrogens (primary N) is 1. The summed E-state index contributed by atoms with van der Waals surface area (Å²) >= 11 is 0. The fourth-order valence-corrected chi connectivity index (χ4v) is 2.16. The minimum atomic E-state index is 0.0589. The van der Waals surface area contributed by atoms with Crippen molar-refractivity contribution in [1.82, 2.24) is 5.32 Å². The molecule has 2 aliphatic rings. The number of nitrogens with one attached hydrogen (secondary N) is 2. The number of benzene rings is 1. The van der Waals surface area contributed by atoms with E-state index in [0.717, 1.165) is 5.69 Å². The third-order valence-electron chi connectivity index (χ3n) is 3.05. The lowest BCUT2D eigenvalue weighted by atomic mass is 10.2. The zero-order valence-electron chi connectivity index (χ0n) is 9.86. The van der Waals surface area contributed by atoms with Crippen LogP contribution in [0.2, 0.25) is 0 Å². The van der Waals surface area contributed by atoms with Crippen LogP contribution in [-0.2, 0) is 4.79 Å². The molecular weight excluding hydrogens is 234 g/mol. The lowest BCUT2D eigenvalue weighted by Gasteiger charge is -2.21. The summed E-state index contributed by atoms with van der Waals surface area (Å²) in [6.45, 7) is 1.70. The highest BCUT2D eigenvalue weighted by atomic mass is 16.6. The molecule has 0 radical (unpaired) electrons. The van der Waals surface area contributed by atoms with Crippen molar-refractivity contribution in [2.45, 2.75) is 12.5 Å². The van der Waals surface area contributed by atoms with Gasteiger partial charge in [-0.1, -0.05) is 0 Å². The molecule has 1 amide bonds. The Labute approximate surface area is 104 Å². The second-order valence-corrected chi connectivity index (χ2v) is 4.43. The van der Waals surface area contributed by atoms with Gasteiger partial charge in [-0.15, -0.1) is 0 Å². The SMILES string of the molecule is Nc1cc2c(cc1NC1CNC(=O)C1)OCCO2. The number of fused-ring (bicyclic) bond motifs is 1. The van der Waals surface area contributed by atoms with Gasteiger partial charge in [-0.2, -0.15) is 0 Å². The van der Waals surface area contributed by atoms with Crippen molar-refractivity contribution in [3.63, 3.8) is 0 Å². The molecule has 0 spiro atoms. The molecule has 6 nitrogen and oxygen atoms in total. The molecule has 1 aromatic rings.